The number of aromatic nitrogens is 1. The molecule has 5 heteroatoms. The first-order chi connectivity index (χ1) is 8.79. The second-order valence-corrected chi connectivity index (χ2v) is 4.33. The van der Waals surface area contributed by atoms with Gasteiger partial charge in [0.05, 0.1) is 5.52 Å². The fourth-order valence-corrected chi connectivity index (χ4v) is 1.88. The van der Waals surface area contributed by atoms with Gasteiger partial charge in [-0.25, -0.2) is 4.79 Å². The Kier molecular flexibility index (Phi) is 4.55. The summed E-state index contributed by atoms with van der Waals surface area (Å²) in [7, 11) is 1.97. The molecule has 0 unspecified atom stereocenters. The second kappa shape index (κ2) is 6.37. The first-order valence-corrected chi connectivity index (χ1v) is 6.26. The third kappa shape index (κ3) is 3.45. The van der Waals surface area contributed by atoms with Gasteiger partial charge in [0.2, 0.25) is 0 Å². The molecule has 0 aliphatic carbocycles. The van der Waals surface area contributed by atoms with Crippen molar-refractivity contribution in [1.82, 2.24) is 15.6 Å². The van der Waals surface area contributed by atoms with Crippen molar-refractivity contribution in [1.29, 1.82) is 0 Å². The van der Waals surface area contributed by atoms with Crippen LogP contribution >= 0.6 is 0 Å². The van der Waals surface area contributed by atoms with Crippen molar-refractivity contribution < 1.29 is 4.42 Å². The lowest BCUT2D eigenvalue weighted by atomic mass is 10.2. The van der Waals surface area contributed by atoms with E-state index in [-0.39, 0.29) is 0 Å². The van der Waals surface area contributed by atoms with Gasteiger partial charge in [-0.3, -0.25) is 4.98 Å². The highest BCUT2D eigenvalue weighted by Gasteiger charge is 2.01. The van der Waals surface area contributed by atoms with Gasteiger partial charge in [-0.05, 0) is 50.7 Å². The van der Waals surface area contributed by atoms with E-state index < -0.39 is 5.76 Å². The fraction of sp³-hybridized carbons (Fsp3) is 0.462. The lowest BCUT2D eigenvalue weighted by molar-refractivity contribution is 0.554. The van der Waals surface area contributed by atoms with Gasteiger partial charge in [-0.1, -0.05) is 6.07 Å². The number of nitrogens with one attached hydrogen (secondary N) is 3. The molecule has 0 aliphatic rings. The average molecular weight is 249 g/mol. The molecule has 0 radical (unpaired) electrons. The van der Waals surface area contributed by atoms with Crippen LogP contribution in [0.25, 0.3) is 11.1 Å². The zero-order valence-electron chi connectivity index (χ0n) is 10.6. The van der Waals surface area contributed by atoms with Crippen LogP contribution in [0.2, 0.25) is 0 Å². The van der Waals surface area contributed by atoms with Gasteiger partial charge in [0.25, 0.3) is 0 Å². The molecular formula is C13H19N3O2. The molecule has 0 bridgehead atoms. The zero-order valence-corrected chi connectivity index (χ0v) is 10.6. The summed E-state index contributed by atoms with van der Waals surface area (Å²) in [6.07, 6.45) is 2.33. The van der Waals surface area contributed by atoms with Crippen LogP contribution in [0.3, 0.4) is 0 Å². The van der Waals surface area contributed by atoms with E-state index in [4.69, 9.17) is 4.42 Å². The molecule has 98 valence electrons. The molecule has 2 rings (SSSR count). The van der Waals surface area contributed by atoms with Crippen LogP contribution in [0, 0.1) is 0 Å². The van der Waals surface area contributed by atoms with Crippen LogP contribution < -0.4 is 16.4 Å². The number of hydrogen-bond acceptors (Lipinski definition) is 4. The first kappa shape index (κ1) is 12.9. The standard InChI is InChI=1S/C13H19N3O2/c1-14-6-2-3-7-15-9-10-4-5-11-12(8-10)18-13(17)16-11/h4-5,8,14-15H,2-3,6-7,9H2,1H3,(H,16,17). The summed E-state index contributed by atoms with van der Waals surface area (Å²) in [5, 5.41) is 6.50. The quantitative estimate of drug-likeness (QED) is 0.645. The molecule has 3 N–H and O–H groups in total. The van der Waals surface area contributed by atoms with Crippen molar-refractivity contribution >= 4 is 11.1 Å². The number of rotatable bonds is 7. The largest absolute Gasteiger partial charge is 0.417 e. The van der Waals surface area contributed by atoms with Gasteiger partial charge < -0.3 is 15.1 Å². The van der Waals surface area contributed by atoms with E-state index in [1.807, 2.05) is 25.2 Å². The van der Waals surface area contributed by atoms with E-state index in [1.54, 1.807) is 0 Å². The van der Waals surface area contributed by atoms with Crippen LogP contribution in [0.5, 0.6) is 0 Å². The summed E-state index contributed by atoms with van der Waals surface area (Å²) in [5.41, 5.74) is 2.49. The monoisotopic (exact) mass is 249 g/mol. The van der Waals surface area contributed by atoms with Crippen molar-refractivity contribution in [3.8, 4) is 0 Å². The molecule has 18 heavy (non-hydrogen) atoms. The number of oxazole rings is 1. The lowest BCUT2D eigenvalue weighted by Crippen LogP contribution is -2.16. The number of aromatic amines is 1. The second-order valence-electron chi connectivity index (χ2n) is 4.33. The maximum atomic E-state index is 11.0. The average Bonchev–Trinajstić information content (AvgIpc) is 2.73. The van der Waals surface area contributed by atoms with Crippen LogP contribution in [-0.4, -0.2) is 25.1 Å². The Bertz CT molecular complexity index is 544. The molecule has 1 aromatic carbocycles. The Morgan fingerprint density at radius 3 is 2.94 bits per heavy atom. The summed E-state index contributed by atoms with van der Waals surface area (Å²) in [6.45, 7) is 2.85. The Hall–Kier alpha value is -1.59. The third-order valence-electron chi connectivity index (χ3n) is 2.84. The molecule has 0 spiro atoms. The Labute approximate surface area is 106 Å². The van der Waals surface area contributed by atoms with Gasteiger partial charge in [0.15, 0.2) is 5.58 Å². The van der Waals surface area contributed by atoms with Gasteiger partial charge in [-0.15, -0.1) is 0 Å². The van der Waals surface area contributed by atoms with Crippen molar-refractivity contribution in [2.75, 3.05) is 20.1 Å². The van der Waals surface area contributed by atoms with E-state index in [0.717, 1.165) is 37.1 Å². The molecule has 0 fully saturated rings. The Balaban J connectivity index is 1.82. The maximum Gasteiger partial charge on any atom is 0.417 e. The SMILES string of the molecule is CNCCCCNCc1ccc2[nH]c(=O)oc2c1. The molecule has 0 aliphatic heterocycles. The molecule has 1 heterocycles. The molecule has 1 aromatic heterocycles. The Morgan fingerprint density at radius 1 is 1.28 bits per heavy atom. The lowest BCUT2D eigenvalue weighted by Gasteiger charge is -2.04. The van der Waals surface area contributed by atoms with Crippen LogP contribution in [0.1, 0.15) is 18.4 Å². The van der Waals surface area contributed by atoms with E-state index in [1.165, 1.54) is 6.42 Å². The predicted octanol–water partition coefficient (Wildman–Crippen LogP) is 1.21. The Morgan fingerprint density at radius 2 is 2.11 bits per heavy atom. The summed E-state index contributed by atoms with van der Waals surface area (Å²) in [6, 6.07) is 5.76. The highest BCUT2D eigenvalue weighted by Crippen LogP contribution is 2.11. The van der Waals surface area contributed by atoms with Crippen molar-refractivity contribution in [2.45, 2.75) is 19.4 Å². The van der Waals surface area contributed by atoms with E-state index in [2.05, 4.69) is 15.6 Å². The topological polar surface area (TPSA) is 70.1 Å². The smallest absolute Gasteiger partial charge is 0.408 e. The first-order valence-electron chi connectivity index (χ1n) is 6.26. The van der Waals surface area contributed by atoms with Crippen molar-refractivity contribution in [2.24, 2.45) is 0 Å². The third-order valence-corrected chi connectivity index (χ3v) is 2.84. The number of benzene rings is 1. The summed E-state index contributed by atoms with van der Waals surface area (Å²) in [5.74, 6) is -0.401. The van der Waals surface area contributed by atoms with E-state index >= 15 is 0 Å². The summed E-state index contributed by atoms with van der Waals surface area (Å²) in [4.78, 5) is 13.6. The molecule has 0 amide bonds. The van der Waals surface area contributed by atoms with Crippen molar-refractivity contribution in [3.63, 3.8) is 0 Å². The van der Waals surface area contributed by atoms with Gasteiger partial charge in [-0.2, -0.15) is 0 Å². The van der Waals surface area contributed by atoms with Crippen LogP contribution in [-0.2, 0) is 6.54 Å². The molecule has 5 nitrogen and oxygen atoms in total. The number of H-pyrrole nitrogens is 1. The van der Waals surface area contributed by atoms with E-state index in [0.29, 0.717) is 5.58 Å². The number of fused-ring (bicyclic) bond motifs is 1. The van der Waals surface area contributed by atoms with Gasteiger partial charge in [0, 0.05) is 6.54 Å². The zero-order chi connectivity index (χ0) is 12.8. The van der Waals surface area contributed by atoms with Gasteiger partial charge in [0.1, 0.15) is 0 Å². The van der Waals surface area contributed by atoms with Crippen LogP contribution in [0.15, 0.2) is 27.4 Å². The summed E-state index contributed by atoms with van der Waals surface area (Å²) >= 11 is 0. The molecule has 0 atom stereocenters. The van der Waals surface area contributed by atoms with Gasteiger partial charge >= 0.3 is 5.76 Å². The van der Waals surface area contributed by atoms with E-state index in [9.17, 15) is 4.79 Å². The fourth-order valence-electron chi connectivity index (χ4n) is 1.88. The molecule has 0 saturated heterocycles. The molecular weight excluding hydrogens is 230 g/mol. The minimum atomic E-state index is -0.401. The van der Waals surface area contributed by atoms with Crippen LogP contribution in [0.4, 0.5) is 0 Å². The minimum Gasteiger partial charge on any atom is -0.408 e. The maximum absolute atomic E-state index is 11.0. The minimum absolute atomic E-state index is 0.401. The number of hydrogen-bond donors (Lipinski definition) is 3. The molecule has 2 aromatic rings. The highest BCUT2D eigenvalue weighted by molar-refractivity contribution is 5.72. The summed E-state index contributed by atoms with van der Waals surface area (Å²) < 4.78 is 5.02. The predicted molar refractivity (Wildman–Crippen MR) is 71.7 cm³/mol. The van der Waals surface area contributed by atoms with Crippen molar-refractivity contribution in [3.05, 3.63) is 34.3 Å². The number of unbranched alkanes of at least 4 members (excludes halogenated alkanes) is 1. The highest BCUT2D eigenvalue weighted by atomic mass is 16.4. The normalized spacial score (nSPS) is 11.2. The molecule has 0 saturated carbocycles.